The van der Waals surface area contributed by atoms with Gasteiger partial charge in [-0.25, -0.2) is 0 Å². The molecular weight excluding hydrogens is 323 g/mol. The predicted octanol–water partition coefficient (Wildman–Crippen LogP) is 4.05. The average Bonchev–Trinajstić information content (AvgIpc) is 2.36. The minimum Gasteiger partial charge on any atom is -0.376 e. The Morgan fingerprint density at radius 2 is 1.65 bits per heavy atom. The van der Waals surface area contributed by atoms with Crippen LogP contribution in [0.3, 0.4) is 0 Å². The molecule has 0 fully saturated rings. The van der Waals surface area contributed by atoms with Gasteiger partial charge in [0.2, 0.25) is 0 Å². The average molecular weight is 338 g/mol. The van der Waals surface area contributed by atoms with Crippen LogP contribution in [0.4, 0.5) is 0 Å². The minimum atomic E-state index is 0.698. The molecule has 0 amide bonds. The van der Waals surface area contributed by atoms with E-state index >= 15 is 0 Å². The summed E-state index contributed by atoms with van der Waals surface area (Å²) in [5, 5.41) is 0. The van der Waals surface area contributed by atoms with Crippen LogP contribution in [0.25, 0.3) is 0 Å². The van der Waals surface area contributed by atoms with E-state index in [1.165, 1.54) is 14.7 Å². The molecule has 0 aromatic heterocycles. The number of hydrogen-bond donors (Lipinski definition) is 0. The number of hydrogen-bond acceptors (Lipinski definition) is 1. The molecule has 2 heteroatoms. The highest BCUT2D eigenvalue weighted by atomic mass is 127. The molecule has 0 saturated carbocycles. The van der Waals surface area contributed by atoms with Crippen LogP contribution >= 0.6 is 22.6 Å². The third-order valence-corrected chi connectivity index (χ3v) is 3.21. The van der Waals surface area contributed by atoms with Gasteiger partial charge in [-0.3, -0.25) is 0 Å². The first-order valence-electron chi connectivity index (χ1n) is 5.71. The zero-order valence-corrected chi connectivity index (χ0v) is 11.8. The van der Waals surface area contributed by atoms with E-state index in [0.29, 0.717) is 6.61 Å². The molecule has 0 unspecified atom stereocenters. The Labute approximate surface area is 116 Å². The zero-order chi connectivity index (χ0) is 11.9. The van der Waals surface area contributed by atoms with Gasteiger partial charge in [0.15, 0.2) is 0 Å². The minimum absolute atomic E-state index is 0.698. The molecule has 17 heavy (non-hydrogen) atoms. The summed E-state index contributed by atoms with van der Waals surface area (Å²) in [4.78, 5) is 0. The van der Waals surface area contributed by atoms with Gasteiger partial charge in [-0.2, -0.15) is 0 Å². The highest BCUT2D eigenvalue weighted by molar-refractivity contribution is 14.1. The molecule has 0 bridgehead atoms. The molecular formula is C15H15IO. The van der Waals surface area contributed by atoms with Crippen molar-refractivity contribution in [2.75, 3.05) is 6.61 Å². The number of ether oxygens (including phenoxy) is 1. The van der Waals surface area contributed by atoms with Crippen molar-refractivity contribution in [2.24, 2.45) is 0 Å². The van der Waals surface area contributed by atoms with E-state index in [0.717, 1.165) is 13.0 Å². The fraction of sp³-hybridized carbons (Fsp3) is 0.200. The lowest BCUT2D eigenvalue weighted by atomic mass is 10.2. The second-order valence-electron chi connectivity index (χ2n) is 3.92. The highest BCUT2D eigenvalue weighted by Gasteiger charge is 1.95. The summed E-state index contributed by atoms with van der Waals surface area (Å²) in [5.41, 5.74) is 2.57. The zero-order valence-electron chi connectivity index (χ0n) is 9.60. The van der Waals surface area contributed by atoms with E-state index < -0.39 is 0 Å². The van der Waals surface area contributed by atoms with Gasteiger partial charge in [0.1, 0.15) is 0 Å². The summed E-state index contributed by atoms with van der Waals surface area (Å²) < 4.78 is 6.93. The summed E-state index contributed by atoms with van der Waals surface area (Å²) in [6, 6.07) is 18.9. The first kappa shape index (κ1) is 12.6. The van der Waals surface area contributed by atoms with Crippen LogP contribution in [-0.4, -0.2) is 6.61 Å². The molecule has 0 spiro atoms. The molecule has 2 aromatic rings. The van der Waals surface area contributed by atoms with Crippen molar-refractivity contribution >= 4 is 22.6 Å². The van der Waals surface area contributed by atoms with Crippen LogP contribution in [0.1, 0.15) is 11.1 Å². The van der Waals surface area contributed by atoms with E-state index in [1.807, 2.05) is 6.07 Å². The molecule has 0 aliphatic heterocycles. The van der Waals surface area contributed by atoms with Crippen molar-refractivity contribution in [1.29, 1.82) is 0 Å². The molecule has 2 rings (SSSR count). The fourth-order valence-corrected chi connectivity index (χ4v) is 2.26. The monoisotopic (exact) mass is 338 g/mol. The number of rotatable bonds is 5. The quantitative estimate of drug-likeness (QED) is 0.590. The summed E-state index contributed by atoms with van der Waals surface area (Å²) >= 11 is 2.32. The Balaban J connectivity index is 1.73. The maximum atomic E-state index is 5.68. The molecule has 0 atom stereocenters. The predicted molar refractivity (Wildman–Crippen MR) is 79.0 cm³/mol. The Bertz CT molecular complexity index is 453. The molecule has 0 aliphatic carbocycles. The lowest BCUT2D eigenvalue weighted by Crippen LogP contribution is -1.99. The van der Waals surface area contributed by atoms with Crippen LogP contribution in [0, 0.1) is 3.57 Å². The van der Waals surface area contributed by atoms with Gasteiger partial charge in [-0.05, 0) is 52.3 Å². The van der Waals surface area contributed by atoms with Crippen LogP contribution in [-0.2, 0) is 17.8 Å². The maximum absolute atomic E-state index is 5.68. The molecule has 0 heterocycles. The van der Waals surface area contributed by atoms with Gasteiger partial charge >= 0.3 is 0 Å². The summed E-state index contributed by atoms with van der Waals surface area (Å²) in [6.07, 6.45) is 0.977. The normalized spacial score (nSPS) is 10.4. The van der Waals surface area contributed by atoms with Gasteiger partial charge in [-0.1, -0.05) is 42.5 Å². The Hall–Kier alpha value is -0.870. The first-order chi connectivity index (χ1) is 8.34. The van der Waals surface area contributed by atoms with Crippen molar-refractivity contribution in [1.82, 2.24) is 0 Å². The van der Waals surface area contributed by atoms with Crippen LogP contribution in [0.5, 0.6) is 0 Å². The van der Waals surface area contributed by atoms with Gasteiger partial charge in [-0.15, -0.1) is 0 Å². The lowest BCUT2D eigenvalue weighted by molar-refractivity contribution is 0.124. The second kappa shape index (κ2) is 6.77. The summed E-state index contributed by atoms with van der Waals surface area (Å²) in [5.74, 6) is 0. The Morgan fingerprint density at radius 1 is 0.882 bits per heavy atom. The lowest BCUT2D eigenvalue weighted by Gasteiger charge is -2.05. The third kappa shape index (κ3) is 4.48. The molecule has 0 aliphatic rings. The summed E-state index contributed by atoms with van der Waals surface area (Å²) in [7, 11) is 0. The second-order valence-corrected chi connectivity index (χ2v) is 5.16. The topological polar surface area (TPSA) is 9.23 Å². The molecule has 1 nitrogen and oxygen atoms in total. The Kier molecular flexibility index (Phi) is 5.01. The van der Waals surface area contributed by atoms with Crippen molar-refractivity contribution in [3.8, 4) is 0 Å². The third-order valence-electron chi connectivity index (χ3n) is 2.54. The van der Waals surface area contributed by atoms with Crippen LogP contribution in [0.15, 0.2) is 54.6 Å². The standard InChI is InChI=1S/C15H15IO/c16-15-8-4-7-14(11-15)12-17-10-9-13-5-2-1-3-6-13/h1-8,11H,9-10,12H2. The molecule has 0 N–H and O–H groups in total. The smallest absolute Gasteiger partial charge is 0.0717 e. The molecule has 88 valence electrons. The van der Waals surface area contributed by atoms with Crippen molar-refractivity contribution in [3.05, 3.63) is 69.3 Å². The van der Waals surface area contributed by atoms with Crippen molar-refractivity contribution in [2.45, 2.75) is 13.0 Å². The maximum Gasteiger partial charge on any atom is 0.0717 e. The fourth-order valence-electron chi connectivity index (χ4n) is 1.65. The van der Waals surface area contributed by atoms with E-state index in [4.69, 9.17) is 4.74 Å². The van der Waals surface area contributed by atoms with Gasteiger partial charge in [0.05, 0.1) is 13.2 Å². The van der Waals surface area contributed by atoms with Crippen molar-refractivity contribution in [3.63, 3.8) is 0 Å². The van der Waals surface area contributed by atoms with Gasteiger partial charge in [0, 0.05) is 3.57 Å². The van der Waals surface area contributed by atoms with E-state index in [2.05, 4.69) is 71.1 Å². The Morgan fingerprint density at radius 3 is 2.41 bits per heavy atom. The number of halogens is 1. The largest absolute Gasteiger partial charge is 0.376 e. The molecule has 2 aromatic carbocycles. The van der Waals surface area contributed by atoms with E-state index in [1.54, 1.807) is 0 Å². The van der Waals surface area contributed by atoms with Gasteiger partial charge < -0.3 is 4.74 Å². The van der Waals surface area contributed by atoms with E-state index in [9.17, 15) is 0 Å². The highest BCUT2D eigenvalue weighted by Crippen LogP contribution is 2.09. The van der Waals surface area contributed by atoms with Crippen LogP contribution in [0.2, 0.25) is 0 Å². The molecule has 0 radical (unpaired) electrons. The van der Waals surface area contributed by atoms with Crippen molar-refractivity contribution < 1.29 is 4.74 Å². The van der Waals surface area contributed by atoms with E-state index in [-0.39, 0.29) is 0 Å². The summed E-state index contributed by atoms with van der Waals surface area (Å²) in [6.45, 7) is 1.47. The van der Waals surface area contributed by atoms with Crippen LogP contribution < -0.4 is 0 Å². The first-order valence-corrected chi connectivity index (χ1v) is 6.78. The molecule has 0 saturated heterocycles. The SMILES string of the molecule is Ic1cccc(COCCc2ccccc2)c1. The number of benzene rings is 2. The van der Waals surface area contributed by atoms with Gasteiger partial charge in [0.25, 0.3) is 0 Å².